The average Bonchev–Trinajstić information content (AvgIpc) is 2.75. The predicted molar refractivity (Wildman–Crippen MR) is 91.0 cm³/mol. The number of benzene rings is 1. The Hall–Kier alpha value is -1.26. The van der Waals surface area contributed by atoms with Gasteiger partial charge in [0, 0.05) is 11.1 Å². The number of carbonyl (C=O) groups excluding carboxylic acids is 2. The van der Waals surface area contributed by atoms with Crippen LogP contribution in [0.3, 0.4) is 0 Å². The highest BCUT2D eigenvalue weighted by molar-refractivity contribution is 6.36. The Kier molecular flexibility index (Phi) is 6.72. The second-order valence-electron chi connectivity index (χ2n) is 5.87. The van der Waals surface area contributed by atoms with Gasteiger partial charge in [0.05, 0.1) is 10.6 Å². The highest BCUT2D eigenvalue weighted by Gasteiger charge is 2.23. The number of carbonyl (C=O) groups is 2. The van der Waals surface area contributed by atoms with Gasteiger partial charge in [0.25, 0.3) is 5.91 Å². The third-order valence-corrected chi connectivity index (χ3v) is 4.55. The fourth-order valence-corrected chi connectivity index (χ4v) is 3.16. The standard InChI is InChI=1S/C17H21Cl2NO3/c1-11(16(21)20-13-6-4-2-3-5-7-13)23-17(22)14-9-8-12(18)10-15(14)19/h8-11,13H,2-7H2,1H3,(H,20,21)/t11-/m0/s1. The molecule has 1 fully saturated rings. The molecule has 0 saturated heterocycles. The van der Waals surface area contributed by atoms with Crippen molar-refractivity contribution in [2.24, 2.45) is 0 Å². The highest BCUT2D eigenvalue weighted by atomic mass is 35.5. The Morgan fingerprint density at radius 3 is 2.43 bits per heavy atom. The van der Waals surface area contributed by atoms with E-state index < -0.39 is 12.1 Å². The summed E-state index contributed by atoms with van der Waals surface area (Å²) in [7, 11) is 0. The summed E-state index contributed by atoms with van der Waals surface area (Å²) in [5.41, 5.74) is 0.199. The van der Waals surface area contributed by atoms with Gasteiger partial charge in [-0.05, 0) is 38.0 Å². The fourth-order valence-electron chi connectivity index (χ4n) is 2.67. The lowest BCUT2D eigenvalue weighted by molar-refractivity contribution is -0.129. The zero-order chi connectivity index (χ0) is 16.8. The van der Waals surface area contributed by atoms with E-state index in [0.717, 1.165) is 25.7 Å². The summed E-state index contributed by atoms with van der Waals surface area (Å²) >= 11 is 11.8. The summed E-state index contributed by atoms with van der Waals surface area (Å²) in [6.45, 7) is 1.56. The van der Waals surface area contributed by atoms with Crippen LogP contribution >= 0.6 is 23.2 Å². The van der Waals surface area contributed by atoms with Gasteiger partial charge in [-0.15, -0.1) is 0 Å². The van der Waals surface area contributed by atoms with Gasteiger partial charge in [0.1, 0.15) is 0 Å². The molecular formula is C17H21Cl2NO3. The highest BCUT2D eigenvalue weighted by Crippen LogP contribution is 2.22. The third-order valence-electron chi connectivity index (χ3n) is 4.01. The van der Waals surface area contributed by atoms with E-state index in [0.29, 0.717) is 5.02 Å². The Morgan fingerprint density at radius 1 is 1.17 bits per heavy atom. The topological polar surface area (TPSA) is 55.4 Å². The van der Waals surface area contributed by atoms with Crippen molar-refractivity contribution < 1.29 is 14.3 Å². The number of ether oxygens (including phenoxy) is 1. The average molecular weight is 358 g/mol. The Bertz CT molecular complexity index is 569. The van der Waals surface area contributed by atoms with E-state index in [1.54, 1.807) is 13.0 Å². The van der Waals surface area contributed by atoms with Crippen LogP contribution < -0.4 is 5.32 Å². The van der Waals surface area contributed by atoms with Crippen molar-refractivity contribution in [2.75, 3.05) is 0 Å². The van der Waals surface area contributed by atoms with Gasteiger partial charge >= 0.3 is 5.97 Å². The Morgan fingerprint density at radius 2 is 1.83 bits per heavy atom. The lowest BCUT2D eigenvalue weighted by Crippen LogP contribution is -2.41. The van der Waals surface area contributed by atoms with Crippen LogP contribution in [0.2, 0.25) is 10.0 Å². The molecule has 126 valence electrons. The number of hydrogen-bond donors (Lipinski definition) is 1. The van der Waals surface area contributed by atoms with E-state index >= 15 is 0 Å². The molecule has 1 N–H and O–H groups in total. The van der Waals surface area contributed by atoms with Crippen LogP contribution in [0.15, 0.2) is 18.2 Å². The van der Waals surface area contributed by atoms with E-state index in [2.05, 4.69) is 5.32 Å². The quantitative estimate of drug-likeness (QED) is 0.642. The largest absolute Gasteiger partial charge is 0.449 e. The second kappa shape index (κ2) is 8.55. The normalized spacial score (nSPS) is 17.2. The minimum absolute atomic E-state index is 0.172. The molecule has 6 heteroatoms. The van der Waals surface area contributed by atoms with Gasteiger partial charge < -0.3 is 10.1 Å². The lowest BCUT2D eigenvalue weighted by atomic mass is 10.1. The minimum Gasteiger partial charge on any atom is -0.449 e. The molecule has 0 aromatic heterocycles. The molecule has 4 nitrogen and oxygen atoms in total. The molecule has 2 rings (SSSR count). The molecule has 1 aliphatic carbocycles. The summed E-state index contributed by atoms with van der Waals surface area (Å²) in [5.74, 6) is -0.898. The van der Waals surface area contributed by atoms with Crippen molar-refractivity contribution in [3.05, 3.63) is 33.8 Å². The molecule has 0 radical (unpaired) electrons. The van der Waals surface area contributed by atoms with Gasteiger partial charge in [0.15, 0.2) is 6.10 Å². The smallest absolute Gasteiger partial charge is 0.340 e. The van der Waals surface area contributed by atoms with Gasteiger partial charge in [-0.25, -0.2) is 4.79 Å². The van der Waals surface area contributed by atoms with E-state index in [1.807, 2.05) is 0 Å². The van der Waals surface area contributed by atoms with Gasteiger partial charge in [-0.2, -0.15) is 0 Å². The Labute approximate surface area is 146 Å². The number of hydrogen-bond acceptors (Lipinski definition) is 3. The summed E-state index contributed by atoms with van der Waals surface area (Å²) < 4.78 is 5.21. The van der Waals surface area contributed by atoms with Crippen molar-refractivity contribution in [1.82, 2.24) is 5.32 Å². The van der Waals surface area contributed by atoms with Crippen LogP contribution in [0.25, 0.3) is 0 Å². The first-order valence-corrected chi connectivity index (χ1v) is 8.69. The number of rotatable bonds is 4. The molecule has 23 heavy (non-hydrogen) atoms. The maximum Gasteiger partial charge on any atom is 0.340 e. The van der Waals surface area contributed by atoms with Crippen LogP contribution in [0, 0.1) is 0 Å². The van der Waals surface area contributed by atoms with Crippen LogP contribution in [0.1, 0.15) is 55.8 Å². The first-order valence-electron chi connectivity index (χ1n) is 7.94. The van der Waals surface area contributed by atoms with Gasteiger partial charge in [-0.1, -0.05) is 48.9 Å². The number of nitrogens with one attached hydrogen (secondary N) is 1. The summed E-state index contributed by atoms with van der Waals surface area (Å²) in [6, 6.07) is 4.68. The number of esters is 1. The SMILES string of the molecule is C[C@H](OC(=O)c1ccc(Cl)cc1Cl)C(=O)NC1CCCCCC1. The monoisotopic (exact) mass is 357 g/mol. The van der Waals surface area contributed by atoms with E-state index in [-0.39, 0.29) is 22.5 Å². The molecule has 1 amide bonds. The molecule has 0 heterocycles. The van der Waals surface area contributed by atoms with E-state index in [4.69, 9.17) is 27.9 Å². The van der Waals surface area contributed by atoms with Crippen molar-refractivity contribution in [1.29, 1.82) is 0 Å². The summed E-state index contributed by atoms with van der Waals surface area (Å²) in [6.07, 6.45) is 5.78. The summed E-state index contributed by atoms with van der Waals surface area (Å²) in [4.78, 5) is 24.3. The Balaban J connectivity index is 1.90. The second-order valence-corrected chi connectivity index (χ2v) is 6.71. The molecule has 0 unspecified atom stereocenters. The number of halogens is 2. The first kappa shape index (κ1) is 18.1. The van der Waals surface area contributed by atoms with E-state index in [1.165, 1.54) is 25.0 Å². The van der Waals surface area contributed by atoms with Crippen LogP contribution in [-0.2, 0) is 9.53 Å². The molecule has 1 aromatic carbocycles. The molecule has 1 aliphatic rings. The molecule has 1 saturated carbocycles. The summed E-state index contributed by atoms with van der Waals surface area (Å²) in [5, 5.41) is 3.61. The van der Waals surface area contributed by atoms with Crippen LogP contribution in [-0.4, -0.2) is 24.0 Å². The van der Waals surface area contributed by atoms with Crippen molar-refractivity contribution in [3.8, 4) is 0 Å². The van der Waals surface area contributed by atoms with Gasteiger partial charge in [0.2, 0.25) is 0 Å². The van der Waals surface area contributed by atoms with Crippen molar-refractivity contribution in [2.45, 2.75) is 57.6 Å². The van der Waals surface area contributed by atoms with E-state index in [9.17, 15) is 9.59 Å². The van der Waals surface area contributed by atoms with Crippen LogP contribution in [0.5, 0.6) is 0 Å². The van der Waals surface area contributed by atoms with Crippen molar-refractivity contribution >= 4 is 35.1 Å². The van der Waals surface area contributed by atoms with Crippen LogP contribution in [0.4, 0.5) is 0 Å². The predicted octanol–water partition coefficient (Wildman–Crippen LogP) is 4.38. The maximum absolute atomic E-state index is 12.2. The fraction of sp³-hybridized carbons (Fsp3) is 0.529. The van der Waals surface area contributed by atoms with Crippen molar-refractivity contribution in [3.63, 3.8) is 0 Å². The third kappa shape index (κ3) is 5.40. The molecule has 1 aromatic rings. The zero-order valence-electron chi connectivity index (χ0n) is 13.1. The molecule has 0 spiro atoms. The lowest BCUT2D eigenvalue weighted by Gasteiger charge is -2.19. The first-order chi connectivity index (χ1) is 11.0. The molecule has 0 bridgehead atoms. The molecule has 0 aliphatic heterocycles. The zero-order valence-corrected chi connectivity index (χ0v) is 14.6. The minimum atomic E-state index is -0.863. The number of amides is 1. The maximum atomic E-state index is 12.2. The van der Waals surface area contributed by atoms with Gasteiger partial charge in [-0.3, -0.25) is 4.79 Å². The molecule has 1 atom stereocenters. The molecular weight excluding hydrogens is 337 g/mol.